The molecule has 2 aromatic rings. The predicted molar refractivity (Wildman–Crippen MR) is 45.2 cm³/mol. The lowest BCUT2D eigenvalue weighted by Crippen LogP contribution is -1.84. The summed E-state index contributed by atoms with van der Waals surface area (Å²) in [4.78, 5) is 7.89. The van der Waals surface area contributed by atoms with Crippen molar-refractivity contribution in [3.63, 3.8) is 0 Å². The molecule has 11 heavy (non-hydrogen) atoms. The molecule has 2 rings (SSSR count). The Morgan fingerprint density at radius 2 is 2.18 bits per heavy atom. The van der Waals surface area contributed by atoms with Crippen molar-refractivity contribution in [1.82, 2.24) is 14.4 Å². The number of hydrogen-bond donors (Lipinski definition) is 0. The summed E-state index contributed by atoms with van der Waals surface area (Å²) in [5.41, 5.74) is 0.819. The Bertz CT molecular complexity index is 357. The molecule has 0 N–H and O–H groups in total. The largest absolute Gasteiger partial charge is 0.290 e. The van der Waals surface area contributed by atoms with Gasteiger partial charge < -0.3 is 0 Å². The van der Waals surface area contributed by atoms with Gasteiger partial charge >= 0.3 is 0 Å². The standard InChI is InChI=1S/C6H4ClN3.ClH/c7-5-3-6-8-1-2-10(6)4-9-5;/h1-4H;1H. The summed E-state index contributed by atoms with van der Waals surface area (Å²) >= 11 is 5.61. The van der Waals surface area contributed by atoms with Crippen molar-refractivity contribution in [2.45, 2.75) is 0 Å². The smallest absolute Gasteiger partial charge is 0.140 e. The lowest BCUT2D eigenvalue weighted by molar-refractivity contribution is 1.09. The van der Waals surface area contributed by atoms with E-state index in [1.54, 1.807) is 23.0 Å². The van der Waals surface area contributed by atoms with E-state index in [1.807, 2.05) is 6.20 Å². The highest BCUT2D eigenvalue weighted by molar-refractivity contribution is 6.29. The third-order valence-electron chi connectivity index (χ3n) is 1.25. The summed E-state index contributed by atoms with van der Waals surface area (Å²) in [6, 6.07) is 1.71. The van der Waals surface area contributed by atoms with E-state index in [0.717, 1.165) is 5.65 Å². The minimum atomic E-state index is 0. The number of aromatic nitrogens is 3. The van der Waals surface area contributed by atoms with Crippen LogP contribution >= 0.6 is 24.0 Å². The molecule has 0 saturated heterocycles. The molecule has 3 nitrogen and oxygen atoms in total. The van der Waals surface area contributed by atoms with E-state index in [2.05, 4.69) is 9.97 Å². The molecule has 0 spiro atoms. The van der Waals surface area contributed by atoms with Crippen molar-refractivity contribution in [3.05, 3.63) is 29.9 Å². The van der Waals surface area contributed by atoms with Crippen molar-refractivity contribution in [2.24, 2.45) is 0 Å². The number of hydrogen-bond acceptors (Lipinski definition) is 2. The second kappa shape index (κ2) is 3.07. The molecular formula is C6H5Cl2N3. The van der Waals surface area contributed by atoms with Crippen LogP contribution in [0.3, 0.4) is 0 Å². The number of imidazole rings is 1. The van der Waals surface area contributed by atoms with Gasteiger partial charge in [-0.1, -0.05) is 11.6 Å². The first-order valence-electron chi connectivity index (χ1n) is 2.80. The molecule has 0 fully saturated rings. The first-order valence-corrected chi connectivity index (χ1v) is 3.18. The summed E-state index contributed by atoms with van der Waals surface area (Å²) in [7, 11) is 0. The zero-order valence-electron chi connectivity index (χ0n) is 5.44. The van der Waals surface area contributed by atoms with Crippen LogP contribution in [0, 0.1) is 0 Å². The van der Waals surface area contributed by atoms with E-state index >= 15 is 0 Å². The van der Waals surface area contributed by atoms with Crippen LogP contribution < -0.4 is 0 Å². The van der Waals surface area contributed by atoms with Crippen LogP contribution in [0.4, 0.5) is 0 Å². The van der Waals surface area contributed by atoms with Crippen LogP contribution in [0.2, 0.25) is 5.15 Å². The molecule has 0 unspecified atom stereocenters. The maximum absolute atomic E-state index is 5.61. The summed E-state index contributed by atoms with van der Waals surface area (Å²) in [5.74, 6) is 0. The lowest BCUT2D eigenvalue weighted by atomic mass is 10.6. The van der Waals surface area contributed by atoms with Crippen molar-refractivity contribution in [2.75, 3.05) is 0 Å². The number of rotatable bonds is 0. The molecule has 0 radical (unpaired) electrons. The lowest BCUT2D eigenvalue weighted by Gasteiger charge is -1.90. The molecular weight excluding hydrogens is 185 g/mol. The molecule has 2 heterocycles. The minimum absolute atomic E-state index is 0. The highest BCUT2D eigenvalue weighted by Crippen LogP contribution is 2.05. The summed E-state index contributed by atoms with van der Waals surface area (Å²) in [6.45, 7) is 0. The average molecular weight is 190 g/mol. The first-order chi connectivity index (χ1) is 4.86. The molecule has 58 valence electrons. The maximum Gasteiger partial charge on any atom is 0.140 e. The normalized spacial score (nSPS) is 9.55. The van der Waals surface area contributed by atoms with Gasteiger partial charge in [0.25, 0.3) is 0 Å². The number of halogens is 2. The Morgan fingerprint density at radius 1 is 1.36 bits per heavy atom. The molecule has 5 heteroatoms. The van der Waals surface area contributed by atoms with Gasteiger partial charge in [-0.3, -0.25) is 4.40 Å². The van der Waals surface area contributed by atoms with Crippen molar-refractivity contribution in [1.29, 1.82) is 0 Å². The van der Waals surface area contributed by atoms with Crippen LogP contribution in [-0.4, -0.2) is 14.4 Å². The molecule has 0 amide bonds. The molecule has 0 aromatic carbocycles. The van der Waals surface area contributed by atoms with Crippen molar-refractivity contribution < 1.29 is 0 Å². The second-order valence-corrected chi connectivity index (χ2v) is 2.29. The molecule has 0 atom stereocenters. The molecule has 2 aromatic heterocycles. The second-order valence-electron chi connectivity index (χ2n) is 1.90. The van der Waals surface area contributed by atoms with Gasteiger partial charge in [0.1, 0.15) is 17.1 Å². The number of fused-ring (bicyclic) bond motifs is 1. The van der Waals surface area contributed by atoms with E-state index in [4.69, 9.17) is 11.6 Å². The molecule has 0 aliphatic rings. The molecule has 0 aliphatic carbocycles. The summed E-state index contributed by atoms with van der Waals surface area (Å²) < 4.78 is 1.80. The van der Waals surface area contributed by atoms with E-state index in [9.17, 15) is 0 Å². The van der Waals surface area contributed by atoms with Crippen molar-refractivity contribution in [3.8, 4) is 0 Å². The maximum atomic E-state index is 5.61. The van der Waals surface area contributed by atoms with Gasteiger partial charge in [-0.25, -0.2) is 9.97 Å². The van der Waals surface area contributed by atoms with Gasteiger partial charge in [0.15, 0.2) is 0 Å². The predicted octanol–water partition coefficient (Wildman–Crippen LogP) is 1.80. The fraction of sp³-hybridized carbons (Fsp3) is 0. The van der Waals surface area contributed by atoms with Crippen LogP contribution in [0.25, 0.3) is 5.65 Å². The Hall–Kier alpha value is -0.800. The SMILES string of the molecule is Cl.Clc1cc2nccn2cn1. The first kappa shape index (κ1) is 8.30. The monoisotopic (exact) mass is 189 g/mol. The van der Waals surface area contributed by atoms with Crippen LogP contribution in [-0.2, 0) is 0 Å². The Labute approximate surface area is 74.4 Å². The highest BCUT2D eigenvalue weighted by Gasteiger charge is 1.92. The fourth-order valence-corrected chi connectivity index (χ4v) is 0.936. The molecule has 0 saturated carbocycles. The van der Waals surface area contributed by atoms with E-state index in [-0.39, 0.29) is 12.4 Å². The van der Waals surface area contributed by atoms with Crippen LogP contribution in [0.5, 0.6) is 0 Å². The van der Waals surface area contributed by atoms with Crippen molar-refractivity contribution >= 4 is 29.7 Å². The van der Waals surface area contributed by atoms with Gasteiger partial charge in [0.2, 0.25) is 0 Å². The summed E-state index contributed by atoms with van der Waals surface area (Å²) in [5, 5.41) is 0.471. The van der Waals surface area contributed by atoms with Gasteiger partial charge in [0.05, 0.1) is 0 Å². The number of nitrogens with zero attached hydrogens (tertiary/aromatic N) is 3. The molecule has 0 aliphatic heterocycles. The van der Waals surface area contributed by atoms with Crippen LogP contribution in [0.1, 0.15) is 0 Å². The van der Waals surface area contributed by atoms with Crippen LogP contribution in [0.15, 0.2) is 24.8 Å². The average Bonchev–Trinajstić information content (AvgIpc) is 2.33. The Morgan fingerprint density at radius 3 is 3.00 bits per heavy atom. The van der Waals surface area contributed by atoms with Gasteiger partial charge in [-0.2, -0.15) is 0 Å². The van der Waals surface area contributed by atoms with E-state index in [0.29, 0.717) is 5.15 Å². The zero-order chi connectivity index (χ0) is 6.97. The quantitative estimate of drug-likeness (QED) is 0.593. The third kappa shape index (κ3) is 1.44. The fourth-order valence-electron chi connectivity index (χ4n) is 0.795. The Balaban J connectivity index is 0.000000605. The topological polar surface area (TPSA) is 30.2 Å². The van der Waals surface area contributed by atoms with Gasteiger partial charge in [-0.05, 0) is 0 Å². The molecule has 0 bridgehead atoms. The summed E-state index contributed by atoms with van der Waals surface area (Å²) in [6.07, 6.45) is 5.15. The van der Waals surface area contributed by atoms with Gasteiger partial charge in [-0.15, -0.1) is 12.4 Å². The Kier molecular flexibility index (Phi) is 2.31. The van der Waals surface area contributed by atoms with E-state index < -0.39 is 0 Å². The third-order valence-corrected chi connectivity index (χ3v) is 1.46. The zero-order valence-corrected chi connectivity index (χ0v) is 7.01. The minimum Gasteiger partial charge on any atom is -0.290 e. The van der Waals surface area contributed by atoms with Gasteiger partial charge in [0, 0.05) is 18.5 Å². The van der Waals surface area contributed by atoms with E-state index in [1.165, 1.54) is 0 Å². The highest BCUT2D eigenvalue weighted by atomic mass is 35.5.